The van der Waals surface area contributed by atoms with Crippen molar-refractivity contribution >= 4 is 22.5 Å². The molecule has 0 bridgehead atoms. The fourth-order valence-electron chi connectivity index (χ4n) is 1.40. The lowest BCUT2D eigenvalue weighted by Crippen LogP contribution is -2.31. The first-order valence-electron chi connectivity index (χ1n) is 3.85. The van der Waals surface area contributed by atoms with Crippen molar-refractivity contribution in [2.45, 2.75) is 25.0 Å². The Bertz CT molecular complexity index is 91.6. The van der Waals surface area contributed by atoms with E-state index in [0.717, 1.165) is 11.2 Å². The van der Waals surface area contributed by atoms with Gasteiger partial charge in [-0.2, -0.15) is 0 Å². The van der Waals surface area contributed by atoms with Crippen LogP contribution in [-0.2, 0) is 0 Å². The van der Waals surface area contributed by atoms with Crippen molar-refractivity contribution in [3.63, 3.8) is 0 Å². The van der Waals surface area contributed by atoms with E-state index in [1.54, 1.807) is 10.8 Å². The van der Waals surface area contributed by atoms with Crippen LogP contribution in [0.4, 0.5) is 0 Å². The molecule has 1 fully saturated rings. The third-order valence-corrected chi connectivity index (χ3v) is 3.93. The molecule has 0 saturated carbocycles. The topological polar surface area (TPSA) is 12.0 Å². The smallest absolute Gasteiger partial charge is 0.0149 e. The Kier molecular flexibility index (Phi) is 3.96. The number of hydrogen-bond donors (Lipinski definition) is 2. The van der Waals surface area contributed by atoms with Crippen LogP contribution < -0.4 is 5.32 Å². The molecule has 1 saturated heterocycles. The summed E-state index contributed by atoms with van der Waals surface area (Å²) in [6.07, 6.45) is 2.66. The zero-order valence-corrected chi connectivity index (χ0v) is 8.05. The summed E-state index contributed by atoms with van der Waals surface area (Å²) in [5.74, 6) is 0.892. The maximum atomic E-state index is 4.22. The lowest BCUT2D eigenvalue weighted by atomic mass is 9.95. The second kappa shape index (κ2) is 4.52. The van der Waals surface area contributed by atoms with E-state index < -0.39 is 0 Å². The van der Waals surface area contributed by atoms with E-state index in [2.05, 4.69) is 23.9 Å². The van der Waals surface area contributed by atoms with Crippen LogP contribution >= 0.6 is 22.5 Å². The predicted molar refractivity (Wildman–Crippen MR) is 51.6 cm³/mol. The Morgan fingerprint density at radius 3 is 2.60 bits per heavy atom. The zero-order valence-electron chi connectivity index (χ0n) is 6.34. The van der Waals surface area contributed by atoms with E-state index in [4.69, 9.17) is 0 Å². The average molecular weight is 177 g/mol. The third-order valence-electron chi connectivity index (χ3n) is 2.21. The largest absolute Gasteiger partial charge is 0.317 e. The van der Waals surface area contributed by atoms with Gasteiger partial charge in [0.1, 0.15) is 0 Å². The first kappa shape index (κ1) is 8.75. The molecule has 1 unspecified atom stereocenters. The molecule has 0 aromatic carbocycles. The highest BCUT2D eigenvalue weighted by atomic mass is 33.1. The van der Waals surface area contributed by atoms with Crippen LogP contribution in [0.5, 0.6) is 0 Å². The van der Waals surface area contributed by atoms with Crippen LogP contribution in [0.1, 0.15) is 19.8 Å². The Morgan fingerprint density at radius 1 is 1.50 bits per heavy atom. The van der Waals surface area contributed by atoms with Crippen molar-refractivity contribution in [1.29, 1.82) is 0 Å². The molecule has 0 spiro atoms. The summed E-state index contributed by atoms with van der Waals surface area (Å²) in [7, 11) is 1.70. The zero-order chi connectivity index (χ0) is 7.40. The molecule has 0 amide bonds. The first-order chi connectivity index (χ1) is 4.84. The van der Waals surface area contributed by atoms with Gasteiger partial charge in [0.05, 0.1) is 0 Å². The Balaban J connectivity index is 2.24. The van der Waals surface area contributed by atoms with Crippen molar-refractivity contribution in [2.24, 2.45) is 5.92 Å². The minimum atomic E-state index is 0.727. The fourth-order valence-corrected chi connectivity index (χ4v) is 2.36. The van der Waals surface area contributed by atoms with Gasteiger partial charge in [0.15, 0.2) is 0 Å². The lowest BCUT2D eigenvalue weighted by Gasteiger charge is -2.26. The quantitative estimate of drug-likeness (QED) is 0.494. The molecule has 1 nitrogen and oxygen atoms in total. The van der Waals surface area contributed by atoms with Gasteiger partial charge in [-0.25, -0.2) is 0 Å². The molecule has 60 valence electrons. The molecule has 1 atom stereocenters. The normalized spacial score (nSPS) is 24.6. The van der Waals surface area contributed by atoms with Crippen LogP contribution in [0.3, 0.4) is 0 Å². The second-order valence-corrected chi connectivity index (χ2v) is 4.48. The summed E-state index contributed by atoms with van der Waals surface area (Å²) in [5, 5.41) is 4.09. The van der Waals surface area contributed by atoms with Gasteiger partial charge in [-0.1, -0.05) is 17.7 Å². The number of rotatable bonds is 2. The van der Waals surface area contributed by atoms with Gasteiger partial charge in [-0.05, 0) is 31.8 Å². The molecule has 10 heavy (non-hydrogen) atoms. The summed E-state index contributed by atoms with van der Waals surface area (Å²) in [5.41, 5.74) is 0. The van der Waals surface area contributed by atoms with E-state index in [-0.39, 0.29) is 0 Å². The van der Waals surface area contributed by atoms with Crippen molar-refractivity contribution in [2.75, 3.05) is 13.1 Å². The molecular weight excluding hydrogens is 162 g/mol. The SMILES string of the molecule is CC(SS)C1CCNCC1. The molecule has 0 aromatic heterocycles. The van der Waals surface area contributed by atoms with Crippen LogP contribution in [0, 0.1) is 5.92 Å². The average Bonchev–Trinajstić information content (AvgIpc) is 2.05. The Morgan fingerprint density at radius 2 is 2.10 bits per heavy atom. The number of piperidine rings is 1. The van der Waals surface area contributed by atoms with Crippen molar-refractivity contribution in [1.82, 2.24) is 5.32 Å². The van der Waals surface area contributed by atoms with E-state index >= 15 is 0 Å². The summed E-state index contributed by atoms with van der Waals surface area (Å²) in [6.45, 7) is 4.67. The van der Waals surface area contributed by atoms with Gasteiger partial charge in [-0.3, -0.25) is 0 Å². The standard InChI is InChI=1S/C7H15NS2/c1-6(10-9)7-2-4-8-5-3-7/h6-9H,2-5H2,1H3. The maximum absolute atomic E-state index is 4.22. The number of hydrogen-bond acceptors (Lipinski definition) is 3. The molecule has 1 heterocycles. The molecule has 0 aliphatic carbocycles. The molecular formula is C7H15NS2. The van der Waals surface area contributed by atoms with Gasteiger partial charge < -0.3 is 5.32 Å². The van der Waals surface area contributed by atoms with Crippen LogP contribution in [-0.4, -0.2) is 18.3 Å². The third kappa shape index (κ3) is 2.36. The maximum Gasteiger partial charge on any atom is 0.0149 e. The monoisotopic (exact) mass is 177 g/mol. The predicted octanol–water partition coefficient (Wildman–Crippen LogP) is 1.95. The highest BCUT2D eigenvalue weighted by molar-refractivity contribution is 8.68. The van der Waals surface area contributed by atoms with Crippen LogP contribution in [0.2, 0.25) is 0 Å². The first-order valence-corrected chi connectivity index (χ1v) is 5.78. The van der Waals surface area contributed by atoms with Gasteiger partial charge in [0.2, 0.25) is 0 Å². The Hall–Kier alpha value is 0.660. The minimum Gasteiger partial charge on any atom is -0.317 e. The molecule has 1 N–H and O–H groups in total. The van der Waals surface area contributed by atoms with Gasteiger partial charge in [0, 0.05) is 5.25 Å². The van der Waals surface area contributed by atoms with E-state index in [1.165, 1.54) is 25.9 Å². The van der Waals surface area contributed by atoms with Gasteiger partial charge in [-0.15, -0.1) is 11.7 Å². The van der Waals surface area contributed by atoms with E-state index in [0.29, 0.717) is 0 Å². The highest BCUT2D eigenvalue weighted by Gasteiger charge is 2.18. The van der Waals surface area contributed by atoms with Gasteiger partial charge >= 0.3 is 0 Å². The molecule has 0 aromatic rings. The van der Waals surface area contributed by atoms with E-state index in [9.17, 15) is 0 Å². The minimum absolute atomic E-state index is 0.727. The molecule has 1 aliphatic heterocycles. The lowest BCUT2D eigenvalue weighted by molar-refractivity contribution is 0.373. The summed E-state index contributed by atoms with van der Waals surface area (Å²) < 4.78 is 0. The van der Waals surface area contributed by atoms with Crippen molar-refractivity contribution in [3.05, 3.63) is 0 Å². The summed E-state index contributed by atoms with van der Waals surface area (Å²) in [6, 6.07) is 0. The number of thiol groups is 1. The number of nitrogens with one attached hydrogen (secondary N) is 1. The molecule has 1 rings (SSSR count). The van der Waals surface area contributed by atoms with Crippen LogP contribution in [0.25, 0.3) is 0 Å². The molecule has 1 aliphatic rings. The van der Waals surface area contributed by atoms with Crippen molar-refractivity contribution < 1.29 is 0 Å². The Labute approximate surface area is 72.2 Å². The summed E-state index contributed by atoms with van der Waals surface area (Å²) >= 11 is 4.22. The van der Waals surface area contributed by atoms with E-state index in [1.807, 2.05) is 0 Å². The second-order valence-electron chi connectivity index (χ2n) is 2.90. The fraction of sp³-hybridized carbons (Fsp3) is 1.00. The van der Waals surface area contributed by atoms with Crippen LogP contribution in [0.15, 0.2) is 0 Å². The summed E-state index contributed by atoms with van der Waals surface area (Å²) in [4.78, 5) is 0. The van der Waals surface area contributed by atoms with Crippen molar-refractivity contribution in [3.8, 4) is 0 Å². The van der Waals surface area contributed by atoms with Gasteiger partial charge in [0.25, 0.3) is 0 Å². The molecule has 0 radical (unpaired) electrons. The highest BCUT2D eigenvalue weighted by Crippen LogP contribution is 2.27. The molecule has 3 heteroatoms.